The molecule has 130 valence electrons. The molecule has 2 aromatic carbocycles. The Balaban J connectivity index is 1.76. The van der Waals surface area contributed by atoms with E-state index in [9.17, 15) is 14.0 Å². The number of pyridine rings is 1. The van der Waals surface area contributed by atoms with Crippen molar-refractivity contribution in [3.63, 3.8) is 0 Å². The molecule has 0 saturated heterocycles. The van der Waals surface area contributed by atoms with E-state index in [1.807, 2.05) is 30.3 Å². The van der Waals surface area contributed by atoms with Crippen molar-refractivity contribution in [1.29, 1.82) is 0 Å². The molecule has 0 fully saturated rings. The summed E-state index contributed by atoms with van der Waals surface area (Å²) in [6, 6.07) is 17.1. The quantitative estimate of drug-likeness (QED) is 0.518. The maximum Gasteiger partial charge on any atom is 0.347 e. The number of ether oxygens (including phenoxy) is 1. The molecule has 3 rings (SSSR count). The summed E-state index contributed by atoms with van der Waals surface area (Å²) in [6.45, 7) is 1.50. The maximum absolute atomic E-state index is 14.5. The largest absolute Gasteiger partial charge is 0.389 e. The maximum atomic E-state index is 14.5. The number of halogens is 1. The second kappa shape index (κ2) is 7.70. The zero-order valence-corrected chi connectivity index (χ0v) is 14.1. The summed E-state index contributed by atoms with van der Waals surface area (Å²) in [6.07, 6.45) is 2.81. The highest BCUT2D eigenvalue weighted by Gasteiger charge is 2.24. The van der Waals surface area contributed by atoms with Gasteiger partial charge < -0.3 is 4.74 Å². The highest BCUT2D eigenvalue weighted by molar-refractivity contribution is 5.98. The third-order valence-electron chi connectivity index (χ3n) is 4.02. The second-order valence-corrected chi connectivity index (χ2v) is 5.77. The van der Waals surface area contributed by atoms with Gasteiger partial charge >= 0.3 is 11.9 Å². The van der Waals surface area contributed by atoms with Crippen molar-refractivity contribution in [2.75, 3.05) is 0 Å². The summed E-state index contributed by atoms with van der Waals surface area (Å²) in [5, 5.41) is 0. The third-order valence-corrected chi connectivity index (χ3v) is 4.02. The first-order valence-corrected chi connectivity index (χ1v) is 8.07. The molecule has 0 radical (unpaired) electrons. The lowest BCUT2D eigenvalue weighted by atomic mass is 9.97. The van der Waals surface area contributed by atoms with Crippen molar-refractivity contribution in [2.24, 2.45) is 0 Å². The number of carbonyl (C=O) groups is 2. The van der Waals surface area contributed by atoms with E-state index in [-0.39, 0.29) is 11.1 Å². The minimum absolute atomic E-state index is 0.160. The monoisotopic (exact) mass is 349 g/mol. The molecule has 0 aliphatic carbocycles. The fourth-order valence-electron chi connectivity index (χ4n) is 2.54. The van der Waals surface area contributed by atoms with Crippen LogP contribution < -0.4 is 0 Å². The number of rotatable bonds is 4. The van der Waals surface area contributed by atoms with Crippen molar-refractivity contribution in [3.8, 4) is 11.1 Å². The molecular weight excluding hydrogens is 333 g/mol. The van der Waals surface area contributed by atoms with Crippen molar-refractivity contribution in [1.82, 2.24) is 4.98 Å². The minimum Gasteiger partial charge on any atom is -0.389 e. The van der Waals surface area contributed by atoms with E-state index in [4.69, 9.17) is 4.74 Å². The van der Waals surface area contributed by atoms with Crippen molar-refractivity contribution in [3.05, 3.63) is 90.0 Å². The van der Waals surface area contributed by atoms with Gasteiger partial charge in [-0.3, -0.25) is 9.78 Å². The van der Waals surface area contributed by atoms with Crippen molar-refractivity contribution < 1.29 is 18.7 Å². The summed E-state index contributed by atoms with van der Waals surface area (Å²) in [7, 11) is 0. The molecule has 0 bridgehead atoms. The number of aromatic nitrogens is 1. The van der Waals surface area contributed by atoms with Crippen LogP contribution in [0.25, 0.3) is 11.1 Å². The first-order valence-electron chi connectivity index (χ1n) is 8.07. The highest BCUT2D eigenvalue weighted by Crippen LogP contribution is 2.26. The van der Waals surface area contributed by atoms with Gasteiger partial charge in [-0.1, -0.05) is 42.5 Å². The van der Waals surface area contributed by atoms with Gasteiger partial charge in [0.15, 0.2) is 0 Å². The molecule has 0 aliphatic rings. The van der Waals surface area contributed by atoms with Crippen LogP contribution in [0.1, 0.15) is 28.8 Å². The first-order chi connectivity index (χ1) is 12.6. The molecule has 5 heteroatoms. The van der Waals surface area contributed by atoms with Crippen molar-refractivity contribution >= 4 is 11.9 Å². The molecule has 1 aromatic heterocycles. The lowest BCUT2D eigenvalue weighted by Crippen LogP contribution is -2.19. The van der Waals surface area contributed by atoms with Crippen LogP contribution >= 0.6 is 0 Å². The molecule has 1 unspecified atom stereocenters. The highest BCUT2D eigenvalue weighted by atomic mass is 19.1. The number of nitrogens with zero attached hydrogens (tertiary/aromatic N) is 1. The van der Waals surface area contributed by atoms with Gasteiger partial charge in [-0.15, -0.1) is 0 Å². The number of benzene rings is 2. The predicted octanol–water partition coefficient (Wildman–Crippen LogP) is 4.37. The number of esters is 2. The third kappa shape index (κ3) is 3.83. The van der Waals surface area contributed by atoms with E-state index < -0.39 is 23.7 Å². The van der Waals surface area contributed by atoms with E-state index in [0.717, 1.165) is 5.56 Å². The molecule has 4 nitrogen and oxygen atoms in total. The van der Waals surface area contributed by atoms with Gasteiger partial charge in [-0.05, 0) is 36.2 Å². The molecule has 0 N–H and O–H groups in total. The number of hydrogen-bond donors (Lipinski definition) is 0. The Morgan fingerprint density at radius 2 is 1.77 bits per heavy atom. The van der Waals surface area contributed by atoms with Gasteiger partial charge in [0.2, 0.25) is 0 Å². The smallest absolute Gasteiger partial charge is 0.347 e. The zero-order valence-electron chi connectivity index (χ0n) is 14.1. The van der Waals surface area contributed by atoms with E-state index in [1.54, 1.807) is 12.1 Å². The topological polar surface area (TPSA) is 56.3 Å². The summed E-state index contributed by atoms with van der Waals surface area (Å²) in [4.78, 5) is 27.9. The fraction of sp³-hybridized carbons (Fsp3) is 0.0952. The Morgan fingerprint density at radius 3 is 2.42 bits per heavy atom. The lowest BCUT2D eigenvalue weighted by Gasteiger charge is -2.13. The van der Waals surface area contributed by atoms with Crippen LogP contribution in [0.2, 0.25) is 0 Å². The zero-order chi connectivity index (χ0) is 18.5. The fourth-order valence-corrected chi connectivity index (χ4v) is 2.54. The van der Waals surface area contributed by atoms with Crippen LogP contribution in [0.15, 0.2) is 73.1 Å². The molecule has 0 spiro atoms. The Kier molecular flexibility index (Phi) is 5.17. The SMILES string of the molecule is CC(C(=O)OC(=O)c1cccnc1)c1ccc(-c2ccccc2)cc1F. The molecule has 1 heterocycles. The van der Waals surface area contributed by atoms with Crippen LogP contribution in [-0.4, -0.2) is 16.9 Å². The summed E-state index contributed by atoms with van der Waals surface area (Å²) < 4.78 is 19.3. The van der Waals surface area contributed by atoms with Crippen LogP contribution in [-0.2, 0) is 9.53 Å². The normalized spacial score (nSPS) is 11.6. The Morgan fingerprint density at radius 1 is 1.00 bits per heavy atom. The van der Waals surface area contributed by atoms with Crippen LogP contribution in [0.4, 0.5) is 4.39 Å². The summed E-state index contributed by atoms with van der Waals surface area (Å²) in [5.74, 6) is -3.06. The van der Waals surface area contributed by atoms with Crippen LogP contribution in [0.5, 0.6) is 0 Å². The van der Waals surface area contributed by atoms with Gasteiger partial charge in [-0.25, -0.2) is 9.18 Å². The van der Waals surface area contributed by atoms with E-state index >= 15 is 0 Å². The van der Waals surface area contributed by atoms with Crippen LogP contribution in [0.3, 0.4) is 0 Å². The lowest BCUT2D eigenvalue weighted by molar-refractivity contribution is -0.139. The van der Waals surface area contributed by atoms with Gasteiger partial charge in [0.05, 0.1) is 11.5 Å². The average Bonchev–Trinajstić information content (AvgIpc) is 2.68. The molecular formula is C21H16FNO3. The first kappa shape index (κ1) is 17.5. The van der Waals surface area contributed by atoms with Crippen molar-refractivity contribution in [2.45, 2.75) is 12.8 Å². The molecule has 0 aliphatic heterocycles. The van der Waals surface area contributed by atoms with Gasteiger partial charge in [0.25, 0.3) is 0 Å². The van der Waals surface area contributed by atoms with E-state index in [2.05, 4.69) is 4.98 Å². The minimum atomic E-state index is -0.916. The number of hydrogen-bond acceptors (Lipinski definition) is 4. The van der Waals surface area contributed by atoms with Crippen LogP contribution in [0, 0.1) is 5.82 Å². The van der Waals surface area contributed by atoms with Gasteiger partial charge in [-0.2, -0.15) is 0 Å². The van der Waals surface area contributed by atoms with Gasteiger partial charge in [0.1, 0.15) is 5.82 Å². The molecule has 0 amide bonds. The summed E-state index contributed by atoms with van der Waals surface area (Å²) in [5.41, 5.74) is 1.92. The molecule has 1 atom stereocenters. The Hall–Kier alpha value is -3.34. The van der Waals surface area contributed by atoms with Gasteiger partial charge in [0, 0.05) is 18.0 Å². The van der Waals surface area contributed by atoms with E-state index in [1.165, 1.54) is 37.5 Å². The molecule has 26 heavy (non-hydrogen) atoms. The average molecular weight is 349 g/mol. The number of carbonyl (C=O) groups excluding carboxylic acids is 2. The second-order valence-electron chi connectivity index (χ2n) is 5.77. The Bertz CT molecular complexity index is 927. The van der Waals surface area contributed by atoms with E-state index in [0.29, 0.717) is 5.56 Å². The molecule has 3 aromatic rings. The predicted molar refractivity (Wildman–Crippen MR) is 94.9 cm³/mol. The summed E-state index contributed by atoms with van der Waals surface area (Å²) >= 11 is 0. The molecule has 0 saturated carbocycles. The Labute approximate surface area is 150 Å². The standard InChI is InChI=1S/C21H16FNO3/c1-14(20(24)26-21(25)17-8-5-11-23-13-17)18-10-9-16(12-19(18)22)15-6-3-2-4-7-15/h2-14H,1H3.